The summed E-state index contributed by atoms with van der Waals surface area (Å²) in [7, 11) is 0. The van der Waals surface area contributed by atoms with Gasteiger partial charge < -0.3 is 10.6 Å². The van der Waals surface area contributed by atoms with Gasteiger partial charge in [-0.3, -0.25) is 4.79 Å². The average molecular weight is 270 g/mol. The highest BCUT2D eigenvalue weighted by Crippen LogP contribution is 2.05. The molecular formula is C15H18N4O. The summed E-state index contributed by atoms with van der Waals surface area (Å²) in [5.41, 5.74) is 1.94. The summed E-state index contributed by atoms with van der Waals surface area (Å²) in [5, 5.41) is 5.94. The van der Waals surface area contributed by atoms with E-state index in [-0.39, 0.29) is 11.9 Å². The van der Waals surface area contributed by atoms with E-state index in [1.54, 1.807) is 13.0 Å². The lowest BCUT2D eigenvalue weighted by Gasteiger charge is -2.14. The number of nitrogens with zero attached hydrogens (tertiary/aromatic N) is 2. The van der Waals surface area contributed by atoms with Crippen LogP contribution in [0.2, 0.25) is 0 Å². The Balaban J connectivity index is 1.86. The third kappa shape index (κ3) is 4.05. The predicted octanol–water partition coefficient (Wildman–Crippen LogP) is 1.90. The summed E-state index contributed by atoms with van der Waals surface area (Å²) >= 11 is 0. The van der Waals surface area contributed by atoms with Crippen molar-refractivity contribution in [2.45, 2.75) is 26.4 Å². The number of benzene rings is 1. The topological polar surface area (TPSA) is 66.9 Å². The molecule has 104 valence electrons. The van der Waals surface area contributed by atoms with E-state index in [0.29, 0.717) is 12.4 Å². The van der Waals surface area contributed by atoms with Crippen LogP contribution in [0.4, 0.5) is 5.82 Å². The Bertz CT molecular complexity index is 571. The van der Waals surface area contributed by atoms with Crippen LogP contribution in [0.5, 0.6) is 0 Å². The molecule has 0 aliphatic heterocycles. The molecule has 0 saturated heterocycles. The van der Waals surface area contributed by atoms with Crippen LogP contribution in [-0.2, 0) is 11.3 Å². The molecule has 1 heterocycles. The summed E-state index contributed by atoms with van der Waals surface area (Å²) in [4.78, 5) is 20.1. The summed E-state index contributed by atoms with van der Waals surface area (Å²) in [6.07, 6.45) is 1.48. The molecule has 1 aromatic carbocycles. The molecule has 1 atom stereocenters. The van der Waals surface area contributed by atoms with Crippen molar-refractivity contribution in [3.8, 4) is 0 Å². The zero-order valence-corrected chi connectivity index (χ0v) is 11.6. The first kappa shape index (κ1) is 14.0. The van der Waals surface area contributed by atoms with Crippen molar-refractivity contribution < 1.29 is 4.79 Å². The average Bonchev–Trinajstić information content (AvgIpc) is 2.46. The van der Waals surface area contributed by atoms with Crippen molar-refractivity contribution in [1.29, 1.82) is 0 Å². The number of amides is 1. The molecule has 20 heavy (non-hydrogen) atoms. The Morgan fingerprint density at radius 2 is 2.00 bits per heavy atom. The molecule has 1 amide bonds. The van der Waals surface area contributed by atoms with Crippen molar-refractivity contribution in [2.24, 2.45) is 0 Å². The van der Waals surface area contributed by atoms with E-state index in [1.165, 1.54) is 6.33 Å². The highest BCUT2D eigenvalue weighted by atomic mass is 16.2. The van der Waals surface area contributed by atoms with Gasteiger partial charge in [0.25, 0.3) is 0 Å². The Morgan fingerprint density at radius 1 is 1.25 bits per heavy atom. The largest absolute Gasteiger partial charge is 0.359 e. The molecule has 5 nitrogen and oxygen atoms in total. The Morgan fingerprint density at radius 3 is 2.70 bits per heavy atom. The minimum absolute atomic E-state index is 0.0647. The fourth-order valence-electron chi connectivity index (χ4n) is 1.76. The second-order valence-corrected chi connectivity index (χ2v) is 4.61. The van der Waals surface area contributed by atoms with Crippen LogP contribution < -0.4 is 10.6 Å². The molecule has 2 rings (SSSR count). The summed E-state index contributed by atoms with van der Waals surface area (Å²) in [5.74, 6) is 0.588. The number of hydrogen-bond donors (Lipinski definition) is 2. The highest BCUT2D eigenvalue weighted by molar-refractivity contribution is 5.83. The van der Waals surface area contributed by atoms with Crippen molar-refractivity contribution in [1.82, 2.24) is 15.3 Å². The number of aryl methyl sites for hydroxylation is 1. The first-order chi connectivity index (χ1) is 9.65. The van der Waals surface area contributed by atoms with Gasteiger partial charge in [0.05, 0.1) is 0 Å². The molecule has 0 saturated carbocycles. The third-order valence-corrected chi connectivity index (χ3v) is 2.87. The molecule has 0 spiro atoms. The summed E-state index contributed by atoms with van der Waals surface area (Å²) in [6.45, 7) is 4.21. The summed E-state index contributed by atoms with van der Waals surface area (Å²) in [6, 6.07) is 11.3. The van der Waals surface area contributed by atoms with Gasteiger partial charge in [0.1, 0.15) is 18.2 Å². The standard InChI is InChI=1S/C15H18N4O/c1-11-8-14(18-10-17-11)19-12(2)15(20)16-9-13-6-4-3-5-7-13/h3-8,10,12H,9H2,1-2H3,(H,16,20)(H,17,18,19). The molecule has 0 aliphatic rings. The lowest BCUT2D eigenvalue weighted by Crippen LogP contribution is -2.37. The van der Waals surface area contributed by atoms with Crippen LogP contribution in [0.25, 0.3) is 0 Å². The van der Waals surface area contributed by atoms with Crippen LogP contribution in [0, 0.1) is 6.92 Å². The fraction of sp³-hybridized carbons (Fsp3) is 0.267. The molecule has 2 aromatic rings. The first-order valence-electron chi connectivity index (χ1n) is 6.52. The molecule has 1 unspecified atom stereocenters. The van der Waals surface area contributed by atoms with E-state index in [9.17, 15) is 4.79 Å². The van der Waals surface area contributed by atoms with Crippen molar-refractivity contribution >= 4 is 11.7 Å². The van der Waals surface area contributed by atoms with Gasteiger partial charge in [0, 0.05) is 18.3 Å². The number of carbonyl (C=O) groups is 1. The van der Waals surface area contributed by atoms with E-state index in [4.69, 9.17) is 0 Å². The molecule has 1 aromatic heterocycles. The van der Waals surface area contributed by atoms with E-state index in [1.807, 2.05) is 37.3 Å². The SMILES string of the molecule is Cc1cc(NC(C)C(=O)NCc2ccccc2)ncn1. The number of anilines is 1. The van der Waals surface area contributed by atoms with Gasteiger partial charge >= 0.3 is 0 Å². The van der Waals surface area contributed by atoms with Crippen LogP contribution in [0.15, 0.2) is 42.7 Å². The van der Waals surface area contributed by atoms with Crippen molar-refractivity contribution in [3.05, 3.63) is 54.0 Å². The first-order valence-corrected chi connectivity index (χ1v) is 6.52. The second-order valence-electron chi connectivity index (χ2n) is 4.61. The van der Waals surface area contributed by atoms with Crippen molar-refractivity contribution in [2.75, 3.05) is 5.32 Å². The second kappa shape index (κ2) is 6.65. The van der Waals surface area contributed by atoms with Gasteiger partial charge in [0.15, 0.2) is 0 Å². The predicted molar refractivity (Wildman–Crippen MR) is 78.1 cm³/mol. The zero-order chi connectivity index (χ0) is 14.4. The lowest BCUT2D eigenvalue weighted by atomic mass is 10.2. The Labute approximate surface area is 118 Å². The van der Waals surface area contributed by atoms with Crippen molar-refractivity contribution in [3.63, 3.8) is 0 Å². The van der Waals surface area contributed by atoms with Crippen LogP contribution >= 0.6 is 0 Å². The van der Waals surface area contributed by atoms with E-state index in [0.717, 1.165) is 11.3 Å². The normalized spacial score (nSPS) is 11.7. The van der Waals surface area contributed by atoms with Gasteiger partial charge in [-0.25, -0.2) is 9.97 Å². The third-order valence-electron chi connectivity index (χ3n) is 2.87. The molecule has 0 radical (unpaired) electrons. The molecule has 5 heteroatoms. The molecule has 2 N–H and O–H groups in total. The smallest absolute Gasteiger partial charge is 0.242 e. The molecule has 0 bridgehead atoms. The number of nitrogens with one attached hydrogen (secondary N) is 2. The number of hydrogen-bond acceptors (Lipinski definition) is 4. The Kier molecular flexibility index (Phi) is 4.65. The highest BCUT2D eigenvalue weighted by Gasteiger charge is 2.12. The minimum atomic E-state index is -0.354. The Hall–Kier alpha value is -2.43. The summed E-state index contributed by atoms with van der Waals surface area (Å²) < 4.78 is 0. The van der Waals surface area contributed by atoms with Gasteiger partial charge in [0.2, 0.25) is 5.91 Å². The minimum Gasteiger partial charge on any atom is -0.359 e. The van der Waals surface area contributed by atoms with Gasteiger partial charge in [-0.1, -0.05) is 30.3 Å². The van der Waals surface area contributed by atoms with Crippen LogP contribution in [-0.4, -0.2) is 21.9 Å². The fourth-order valence-corrected chi connectivity index (χ4v) is 1.76. The lowest BCUT2D eigenvalue weighted by molar-refractivity contribution is -0.121. The zero-order valence-electron chi connectivity index (χ0n) is 11.6. The van der Waals surface area contributed by atoms with E-state index < -0.39 is 0 Å². The maximum atomic E-state index is 12.0. The maximum absolute atomic E-state index is 12.0. The van der Waals surface area contributed by atoms with E-state index >= 15 is 0 Å². The van der Waals surface area contributed by atoms with Crippen LogP contribution in [0.1, 0.15) is 18.2 Å². The number of rotatable bonds is 5. The van der Waals surface area contributed by atoms with Gasteiger partial charge in [-0.05, 0) is 19.4 Å². The van der Waals surface area contributed by atoms with Gasteiger partial charge in [-0.15, -0.1) is 0 Å². The maximum Gasteiger partial charge on any atom is 0.242 e. The molecule has 0 fully saturated rings. The quantitative estimate of drug-likeness (QED) is 0.871. The molecule has 0 aliphatic carbocycles. The number of aromatic nitrogens is 2. The molecular weight excluding hydrogens is 252 g/mol. The van der Waals surface area contributed by atoms with Gasteiger partial charge in [-0.2, -0.15) is 0 Å². The van der Waals surface area contributed by atoms with E-state index in [2.05, 4.69) is 20.6 Å². The number of carbonyl (C=O) groups excluding carboxylic acids is 1. The van der Waals surface area contributed by atoms with Crippen LogP contribution in [0.3, 0.4) is 0 Å². The monoisotopic (exact) mass is 270 g/mol.